The number of thiazole rings is 1. The van der Waals surface area contributed by atoms with Crippen molar-refractivity contribution in [1.82, 2.24) is 15.0 Å². The minimum atomic E-state index is -0.305. The Balaban J connectivity index is 1.95. The molecule has 24 heavy (non-hydrogen) atoms. The van der Waals surface area contributed by atoms with E-state index in [9.17, 15) is 4.39 Å². The van der Waals surface area contributed by atoms with Crippen molar-refractivity contribution in [2.24, 2.45) is 0 Å². The second kappa shape index (κ2) is 5.89. The van der Waals surface area contributed by atoms with E-state index in [1.54, 1.807) is 19.4 Å². The van der Waals surface area contributed by atoms with E-state index in [-0.39, 0.29) is 5.82 Å². The van der Waals surface area contributed by atoms with Gasteiger partial charge in [-0.2, -0.15) is 0 Å². The highest BCUT2D eigenvalue weighted by molar-refractivity contribution is 7.21. The average molecular weight is 339 g/mol. The molecular formula is C18H14FN3OS. The van der Waals surface area contributed by atoms with Gasteiger partial charge in [0.05, 0.1) is 34.2 Å². The number of hydrogen-bond acceptors (Lipinski definition) is 5. The van der Waals surface area contributed by atoms with Crippen LogP contribution in [0.5, 0.6) is 0 Å². The smallest absolute Gasteiger partial charge is 0.150 e. The lowest BCUT2D eigenvalue weighted by atomic mass is 10.1. The number of benzene rings is 2. The van der Waals surface area contributed by atoms with Gasteiger partial charge in [-0.3, -0.25) is 4.98 Å². The lowest BCUT2D eigenvalue weighted by Gasteiger charge is -2.06. The summed E-state index contributed by atoms with van der Waals surface area (Å²) < 4.78 is 19.9. The molecule has 0 aliphatic heterocycles. The molecule has 4 aromatic rings. The third-order valence-electron chi connectivity index (χ3n) is 3.73. The number of hydrogen-bond donors (Lipinski definition) is 0. The molecule has 0 N–H and O–H groups in total. The second-order valence-electron chi connectivity index (χ2n) is 5.58. The van der Waals surface area contributed by atoms with Crippen LogP contribution in [0.25, 0.3) is 31.8 Å². The Kier molecular flexibility index (Phi) is 3.70. The lowest BCUT2D eigenvalue weighted by Crippen LogP contribution is -1.96. The molecule has 2 aromatic heterocycles. The molecule has 0 radical (unpaired) electrons. The Hall–Kier alpha value is -2.44. The number of halogens is 1. The maximum Gasteiger partial charge on any atom is 0.150 e. The quantitative estimate of drug-likeness (QED) is 0.551. The van der Waals surface area contributed by atoms with Crippen LogP contribution in [0.1, 0.15) is 11.3 Å². The van der Waals surface area contributed by atoms with Gasteiger partial charge in [-0.05, 0) is 36.8 Å². The number of nitrogens with zero attached hydrogens (tertiary/aromatic N) is 3. The van der Waals surface area contributed by atoms with Gasteiger partial charge in [-0.15, -0.1) is 11.3 Å². The maximum atomic E-state index is 13.9. The summed E-state index contributed by atoms with van der Waals surface area (Å²) in [6.07, 6.45) is 1.71. The summed E-state index contributed by atoms with van der Waals surface area (Å²) in [5.74, 6) is -0.305. The first-order chi connectivity index (χ1) is 11.7. The van der Waals surface area contributed by atoms with E-state index in [1.807, 2.05) is 25.1 Å². The van der Waals surface area contributed by atoms with Gasteiger partial charge in [0.2, 0.25) is 0 Å². The Morgan fingerprint density at radius 2 is 2.04 bits per heavy atom. The number of aryl methyl sites for hydroxylation is 1. The van der Waals surface area contributed by atoms with E-state index in [4.69, 9.17) is 4.74 Å². The molecule has 2 aromatic carbocycles. The van der Waals surface area contributed by atoms with E-state index in [1.165, 1.54) is 17.4 Å². The maximum absolute atomic E-state index is 13.9. The fourth-order valence-corrected chi connectivity index (χ4v) is 3.71. The van der Waals surface area contributed by atoms with Crippen LogP contribution in [0, 0.1) is 12.7 Å². The van der Waals surface area contributed by atoms with Crippen molar-refractivity contribution < 1.29 is 9.13 Å². The highest BCUT2D eigenvalue weighted by Gasteiger charge is 2.14. The summed E-state index contributed by atoms with van der Waals surface area (Å²) in [6, 6.07) is 9.00. The van der Waals surface area contributed by atoms with E-state index >= 15 is 0 Å². The molecule has 6 heteroatoms. The highest BCUT2D eigenvalue weighted by Crippen LogP contribution is 2.35. The van der Waals surface area contributed by atoms with Gasteiger partial charge in [0.1, 0.15) is 16.3 Å². The van der Waals surface area contributed by atoms with Gasteiger partial charge in [-0.25, -0.2) is 14.4 Å². The van der Waals surface area contributed by atoms with Crippen LogP contribution in [0.15, 0.2) is 36.5 Å². The first-order valence-electron chi connectivity index (χ1n) is 7.46. The van der Waals surface area contributed by atoms with Crippen LogP contribution >= 0.6 is 11.3 Å². The summed E-state index contributed by atoms with van der Waals surface area (Å²) in [7, 11) is 1.63. The summed E-state index contributed by atoms with van der Waals surface area (Å²) in [5.41, 5.74) is 4.66. The third kappa shape index (κ3) is 2.53. The van der Waals surface area contributed by atoms with Crippen LogP contribution in [0.2, 0.25) is 0 Å². The number of para-hydroxylation sites is 1. The Labute approximate surface area is 142 Å². The molecule has 0 spiro atoms. The zero-order chi connectivity index (χ0) is 16.7. The topological polar surface area (TPSA) is 47.9 Å². The third-order valence-corrected chi connectivity index (χ3v) is 4.79. The van der Waals surface area contributed by atoms with Crippen LogP contribution < -0.4 is 0 Å². The largest absolute Gasteiger partial charge is 0.378 e. The molecule has 0 aliphatic rings. The lowest BCUT2D eigenvalue weighted by molar-refractivity contribution is 0.181. The van der Waals surface area contributed by atoms with Gasteiger partial charge in [0.25, 0.3) is 0 Å². The summed E-state index contributed by atoms with van der Waals surface area (Å²) in [4.78, 5) is 13.6. The van der Waals surface area contributed by atoms with Crippen molar-refractivity contribution in [3.8, 4) is 10.6 Å². The van der Waals surface area contributed by atoms with Crippen molar-refractivity contribution in [3.63, 3.8) is 0 Å². The fraction of sp³-hybridized carbons (Fsp3) is 0.167. The Morgan fingerprint density at radius 3 is 2.83 bits per heavy atom. The van der Waals surface area contributed by atoms with E-state index in [0.29, 0.717) is 12.1 Å². The number of ether oxygens (including phenoxy) is 1. The van der Waals surface area contributed by atoms with Crippen LogP contribution in [0.3, 0.4) is 0 Å². The normalized spacial score (nSPS) is 11.5. The molecule has 0 amide bonds. The molecule has 0 saturated heterocycles. The molecule has 0 saturated carbocycles. The molecule has 120 valence electrons. The van der Waals surface area contributed by atoms with Crippen LogP contribution in [-0.4, -0.2) is 22.1 Å². The zero-order valence-corrected chi connectivity index (χ0v) is 14.0. The predicted molar refractivity (Wildman–Crippen MR) is 93.6 cm³/mol. The van der Waals surface area contributed by atoms with E-state index in [0.717, 1.165) is 37.6 Å². The molecule has 0 atom stereocenters. The molecule has 0 aliphatic carbocycles. The first-order valence-corrected chi connectivity index (χ1v) is 8.28. The number of methoxy groups -OCH3 is 1. The standard InChI is InChI=1S/C18H14FN3OS/c1-10-6-12(16-14(7-10)21-11(8-20-16)9-23-2)18-22-17-13(19)4-3-5-15(17)24-18/h3-8H,9H2,1-2H3. The van der Waals surface area contributed by atoms with Crippen LogP contribution in [0.4, 0.5) is 4.39 Å². The van der Waals surface area contributed by atoms with Gasteiger partial charge < -0.3 is 4.74 Å². The van der Waals surface area contributed by atoms with Crippen molar-refractivity contribution >= 4 is 32.6 Å². The molecule has 2 heterocycles. The second-order valence-corrected chi connectivity index (χ2v) is 6.61. The monoisotopic (exact) mass is 339 g/mol. The number of aromatic nitrogens is 3. The minimum Gasteiger partial charge on any atom is -0.378 e. The zero-order valence-electron chi connectivity index (χ0n) is 13.2. The first kappa shape index (κ1) is 15.1. The number of fused-ring (bicyclic) bond motifs is 2. The summed E-state index contributed by atoms with van der Waals surface area (Å²) in [6.45, 7) is 2.42. The molecule has 0 unspecified atom stereocenters. The molecular weight excluding hydrogens is 325 g/mol. The average Bonchev–Trinajstić information content (AvgIpc) is 2.99. The predicted octanol–water partition coefficient (Wildman–Crippen LogP) is 4.50. The van der Waals surface area contributed by atoms with Gasteiger partial charge in [0, 0.05) is 12.7 Å². The summed E-state index contributed by atoms with van der Waals surface area (Å²) in [5, 5.41) is 0.748. The van der Waals surface area contributed by atoms with Gasteiger partial charge in [0.15, 0.2) is 0 Å². The summed E-state index contributed by atoms with van der Waals surface area (Å²) >= 11 is 1.46. The molecule has 0 fully saturated rings. The van der Waals surface area contributed by atoms with Crippen molar-refractivity contribution in [3.05, 3.63) is 53.6 Å². The highest BCUT2D eigenvalue weighted by atomic mass is 32.1. The Morgan fingerprint density at radius 1 is 1.17 bits per heavy atom. The van der Waals surface area contributed by atoms with Crippen molar-refractivity contribution in [1.29, 1.82) is 0 Å². The Bertz CT molecular complexity index is 1060. The van der Waals surface area contributed by atoms with E-state index in [2.05, 4.69) is 15.0 Å². The van der Waals surface area contributed by atoms with Crippen LogP contribution in [-0.2, 0) is 11.3 Å². The van der Waals surface area contributed by atoms with Crippen molar-refractivity contribution in [2.45, 2.75) is 13.5 Å². The molecule has 0 bridgehead atoms. The van der Waals surface area contributed by atoms with Gasteiger partial charge in [-0.1, -0.05) is 6.07 Å². The molecule has 4 nitrogen and oxygen atoms in total. The van der Waals surface area contributed by atoms with Crippen molar-refractivity contribution in [2.75, 3.05) is 7.11 Å². The molecule has 4 rings (SSSR count). The minimum absolute atomic E-state index is 0.305. The fourth-order valence-electron chi connectivity index (χ4n) is 2.71. The number of rotatable bonds is 3. The van der Waals surface area contributed by atoms with E-state index < -0.39 is 0 Å². The van der Waals surface area contributed by atoms with Gasteiger partial charge >= 0.3 is 0 Å². The SMILES string of the molecule is COCc1cnc2c(-c3nc4c(F)cccc4s3)cc(C)cc2n1.